The van der Waals surface area contributed by atoms with Crippen LogP contribution in [0.2, 0.25) is 0 Å². The van der Waals surface area contributed by atoms with Crippen molar-refractivity contribution >= 4 is 33.6 Å². The number of benzene rings is 2. The molecule has 23 heavy (non-hydrogen) atoms. The molecule has 0 fully saturated rings. The number of rotatable bonds is 6. The van der Waals surface area contributed by atoms with Gasteiger partial charge in [-0.25, -0.2) is 9.59 Å². The number of nitrogens with one attached hydrogen (secondary N) is 1. The summed E-state index contributed by atoms with van der Waals surface area (Å²) in [7, 11) is 0. The second kappa shape index (κ2) is 8.19. The molecule has 6 nitrogen and oxygen atoms in total. The fourth-order valence-corrected chi connectivity index (χ4v) is 2.04. The van der Waals surface area contributed by atoms with Crippen LogP contribution < -0.4 is 15.8 Å². The van der Waals surface area contributed by atoms with Crippen LogP contribution in [0.3, 0.4) is 0 Å². The van der Waals surface area contributed by atoms with E-state index < -0.39 is 12.0 Å². The summed E-state index contributed by atoms with van der Waals surface area (Å²) in [5.41, 5.74) is 5.78. The van der Waals surface area contributed by atoms with E-state index in [0.717, 1.165) is 4.47 Å². The smallest absolute Gasteiger partial charge is 0.338 e. The monoisotopic (exact) mass is 378 g/mol. The molecule has 0 atom stereocenters. The van der Waals surface area contributed by atoms with Gasteiger partial charge in [0.1, 0.15) is 19.0 Å². The van der Waals surface area contributed by atoms with Gasteiger partial charge in [0.15, 0.2) is 0 Å². The summed E-state index contributed by atoms with van der Waals surface area (Å²) >= 11 is 3.33. The zero-order chi connectivity index (χ0) is 16.7. The number of anilines is 1. The highest BCUT2D eigenvalue weighted by Gasteiger charge is 2.08. The van der Waals surface area contributed by atoms with Gasteiger partial charge in [-0.15, -0.1) is 0 Å². The summed E-state index contributed by atoms with van der Waals surface area (Å²) in [6, 6.07) is 13.0. The van der Waals surface area contributed by atoms with Crippen molar-refractivity contribution < 1.29 is 19.1 Å². The van der Waals surface area contributed by atoms with Crippen molar-refractivity contribution in [3.63, 3.8) is 0 Å². The standard InChI is InChI=1S/C16H15BrN2O4/c17-12-4-6-14(7-5-12)22-8-9-23-15(20)11-2-1-3-13(10-11)19-16(18)21/h1-7,10H,8-9H2,(H3,18,19,21). The quantitative estimate of drug-likeness (QED) is 0.596. The van der Waals surface area contributed by atoms with Gasteiger partial charge in [0.25, 0.3) is 0 Å². The van der Waals surface area contributed by atoms with E-state index in [1.807, 2.05) is 24.3 Å². The van der Waals surface area contributed by atoms with Crippen molar-refractivity contribution in [1.29, 1.82) is 0 Å². The molecule has 2 amide bonds. The predicted molar refractivity (Wildman–Crippen MR) is 89.6 cm³/mol. The first kappa shape index (κ1) is 16.8. The zero-order valence-corrected chi connectivity index (χ0v) is 13.7. The van der Waals surface area contributed by atoms with Crippen LogP contribution in [0.1, 0.15) is 10.4 Å². The number of primary amides is 1. The van der Waals surface area contributed by atoms with E-state index in [-0.39, 0.29) is 13.2 Å². The Morgan fingerprint density at radius 2 is 1.83 bits per heavy atom. The number of urea groups is 1. The van der Waals surface area contributed by atoms with Gasteiger partial charge in [-0.1, -0.05) is 22.0 Å². The Balaban J connectivity index is 1.80. The predicted octanol–water partition coefficient (Wildman–Crippen LogP) is 3.18. The first-order chi connectivity index (χ1) is 11.0. The van der Waals surface area contributed by atoms with E-state index in [2.05, 4.69) is 21.2 Å². The molecular weight excluding hydrogens is 364 g/mol. The fraction of sp³-hybridized carbons (Fsp3) is 0.125. The van der Waals surface area contributed by atoms with Crippen LogP contribution >= 0.6 is 15.9 Å². The molecule has 0 spiro atoms. The first-order valence-electron chi connectivity index (χ1n) is 6.76. The Morgan fingerprint density at radius 3 is 2.52 bits per heavy atom. The second-order valence-electron chi connectivity index (χ2n) is 4.51. The molecular formula is C16H15BrN2O4. The normalized spacial score (nSPS) is 9.96. The highest BCUT2D eigenvalue weighted by Crippen LogP contribution is 2.16. The molecule has 0 heterocycles. The Labute approximate surface area is 141 Å². The summed E-state index contributed by atoms with van der Waals surface area (Å²) in [4.78, 5) is 22.7. The SMILES string of the molecule is NC(=O)Nc1cccc(C(=O)OCCOc2ccc(Br)cc2)c1. The third-order valence-electron chi connectivity index (χ3n) is 2.76. The highest BCUT2D eigenvalue weighted by atomic mass is 79.9. The van der Waals surface area contributed by atoms with Gasteiger partial charge in [-0.2, -0.15) is 0 Å². The molecule has 2 rings (SSSR count). The molecule has 2 aromatic rings. The van der Waals surface area contributed by atoms with Gasteiger partial charge in [0.2, 0.25) is 0 Å². The first-order valence-corrected chi connectivity index (χ1v) is 7.56. The maximum absolute atomic E-state index is 11.9. The molecule has 0 aliphatic carbocycles. The molecule has 0 radical (unpaired) electrons. The van der Waals surface area contributed by atoms with Gasteiger partial charge >= 0.3 is 12.0 Å². The van der Waals surface area contributed by atoms with Crippen LogP contribution in [-0.4, -0.2) is 25.2 Å². The Morgan fingerprint density at radius 1 is 1.09 bits per heavy atom. The summed E-state index contributed by atoms with van der Waals surface area (Å²) in [6.07, 6.45) is 0. The second-order valence-corrected chi connectivity index (χ2v) is 5.42. The molecule has 0 saturated heterocycles. The average molecular weight is 379 g/mol. The lowest BCUT2D eigenvalue weighted by Gasteiger charge is -2.08. The topological polar surface area (TPSA) is 90.7 Å². The summed E-state index contributed by atoms with van der Waals surface area (Å²) in [5, 5.41) is 2.40. The van der Waals surface area contributed by atoms with Gasteiger partial charge in [-0.05, 0) is 42.5 Å². The van der Waals surface area contributed by atoms with Crippen LogP contribution in [0.25, 0.3) is 0 Å². The number of hydrogen-bond donors (Lipinski definition) is 2. The maximum Gasteiger partial charge on any atom is 0.338 e. The van der Waals surface area contributed by atoms with Crippen LogP contribution in [0.15, 0.2) is 53.0 Å². The van der Waals surface area contributed by atoms with Crippen LogP contribution in [0.5, 0.6) is 5.75 Å². The van der Waals surface area contributed by atoms with Crippen molar-refractivity contribution in [2.45, 2.75) is 0 Å². The lowest BCUT2D eigenvalue weighted by atomic mass is 10.2. The minimum Gasteiger partial charge on any atom is -0.490 e. The average Bonchev–Trinajstić information content (AvgIpc) is 2.52. The summed E-state index contributed by atoms with van der Waals surface area (Å²) in [5.74, 6) is 0.189. The number of carbonyl (C=O) groups is 2. The van der Waals surface area contributed by atoms with Crippen LogP contribution in [0, 0.1) is 0 Å². The van der Waals surface area contributed by atoms with Crippen molar-refractivity contribution in [2.75, 3.05) is 18.5 Å². The van der Waals surface area contributed by atoms with E-state index in [1.165, 1.54) is 6.07 Å². The molecule has 120 valence electrons. The number of carbonyl (C=O) groups excluding carboxylic acids is 2. The van der Waals surface area contributed by atoms with Crippen LogP contribution in [0.4, 0.5) is 10.5 Å². The highest BCUT2D eigenvalue weighted by molar-refractivity contribution is 9.10. The van der Waals surface area contributed by atoms with Crippen LogP contribution in [-0.2, 0) is 4.74 Å². The van der Waals surface area contributed by atoms with E-state index in [9.17, 15) is 9.59 Å². The Hall–Kier alpha value is -2.54. The Bertz CT molecular complexity index is 689. The van der Waals surface area contributed by atoms with Gasteiger partial charge < -0.3 is 20.5 Å². The van der Waals surface area contributed by atoms with Crippen molar-refractivity contribution in [2.24, 2.45) is 5.73 Å². The van der Waals surface area contributed by atoms with Gasteiger partial charge in [0, 0.05) is 10.2 Å². The molecule has 2 aromatic carbocycles. The number of esters is 1. The molecule has 0 aliphatic heterocycles. The van der Waals surface area contributed by atoms with Crippen molar-refractivity contribution in [3.8, 4) is 5.75 Å². The molecule has 0 aliphatic rings. The van der Waals surface area contributed by atoms with E-state index in [1.54, 1.807) is 18.2 Å². The van der Waals surface area contributed by atoms with Crippen molar-refractivity contribution in [1.82, 2.24) is 0 Å². The molecule has 3 N–H and O–H groups in total. The van der Waals surface area contributed by atoms with E-state index >= 15 is 0 Å². The lowest BCUT2D eigenvalue weighted by Crippen LogP contribution is -2.19. The third kappa shape index (κ3) is 5.63. The molecule has 0 saturated carbocycles. The molecule has 0 bridgehead atoms. The maximum atomic E-state index is 11.9. The number of hydrogen-bond acceptors (Lipinski definition) is 4. The summed E-state index contributed by atoms with van der Waals surface area (Å²) < 4.78 is 11.5. The minimum absolute atomic E-state index is 0.113. The third-order valence-corrected chi connectivity index (χ3v) is 3.29. The molecule has 0 unspecified atom stereocenters. The number of amides is 2. The lowest BCUT2D eigenvalue weighted by molar-refractivity contribution is 0.0450. The minimum atomic E-state index is -0.696. The van der Waals surface area contributed by atoms with Gasteiger partial charge in [-0.3, -0.25) is 0 Å². The Kier molecular flexibility index (Phi) is 5.99. The zero-order valence-electron chi connectivity index (χ0n) is 12.1. The number of nitrogens with two attached hydrogens (primary N) is 1. The molecule has 7 heteroatoms. The van der Waals surface area contributed by atoms with Crippen molar-refractivity contribution in [3.05, 3.63) is 58.6 Å². The largest absolute Gasteiger partial charge is 0.490 e. The van der Waals surface area contributed by atoms with E-state index in [4.69, 9.17) is 15.2 Å². The summed E-state index contributed by atoms with van der Waals surface area (Å²) in [6.45, 7) is 0.356. The number of halogens is 1. The van der Waals surface area contributed by atoms with E-state index in [0.29, 0.717) is 17.0 Å². The number of ether oxygens (including phenoxy) is 2. The van der Waals surface area contributed by atoms with Gasteiger partial charge in [0.05, 0.1) is 5.56 Å². The molecule has 0 aromatic heterocycles. The fourth-order valence-electron chi connectivity index (χ4n) is 1.77.